The molecule has 33 heavy (non-hydrogen) atoms. The third kappa shape index (κ3) is 3.27. The van der Waals surface area contributed by atoms with Gasteiger partial charge in [0, 0.05) is 0 Å². The van der Waals surface area contributed by atoms with Crippen molar-refractivity contribution in [2.24, 2.45) is 23.7 Å². The zero-order valence-corrected chi connectivity index (χ0v) is 18.0. The summed E-state index contributed by atoms with van der Waals surface area (Å²) in [7, 11) is 0. The van der Waals surface area contributed by atoms with Gasteiger partial charge in [0.25, 0.3) is 0 Å². The van der Waals surface area contributed by atoms with Crippen LogP contribution in [0.15, 0.2) is 78.9 Å². The highest BCUT2D eigenvalue weighted by Crippen LogP contribution is 2.56. The molecule has 0 unspecified atom stereocenters. The first-order valence-corrected chi connectivity index (χ1v) is 11.5. The molecule has 5 nitrogen and oxygen atoms in total. The minimum Gasteiger partial charge on any atom is -0.423 e. The number of esters is 1. The number of amides is 2. The van der Waals surface area contributed by atoms with Crippen molar-refractivity contribution in [2.45, 2.75) is 19.3 Å². The SMILES string of the molecule is O=C(Oc1ccc(-c2ccccc2)cc1)c1cccc(N2C(=O)[C@H]3[C@@H]4CC[C@@H](C4)[C@@H]3C2=O)c1. The summed E-state index contributed by atoms with van der Waals surface area (Å²) in [5.74, 6) is -0.0292. The first kappa shape index (κ1) is 19.9. The van der Waals surface area contributed by atoms with Crippen molar-refractivity contribution in [3.63, 3.8) is 0 Å². The fourth-order valence-corrected chi connectivity index (χ4v) is 5.95. The number of nitrogens with zero attached hydrogens (tertiary/aromatic N) is 1. The van der Waals surface area contributed by atoms with Crippen LogP contribution in [0.3, 0.4) is 0 Å². The van der Waals surface area contributed by atoms with Gasteiger partial charge in [-0.3, -0.25) is 14.5 Å². The number of fused-ring (bicyclic) bond motifs is 5. The second kappa shape index (κ2) is 7.69. The summed E-state index contributed by atoms with van der Waals surface area (Å²) in [4.78, 5) is 40.3. The van der Waals surface area contributed by atoms with Crippen molar-refractivity contribution in [2.75, 3.05) is 4.90 Å². The number of anilines is 1. The summed E-state index contributed by atoms with van der Waals surface area (Å²) < 4.78 is 5.55. The molecule has 0 spiro atoms. The van der Waals surface area contributed by atoms with E-state index in [1.54, 1.807) is 36.4 Å². The predicted molar refractivity (Wildman–Crippen MR) is 124 cm³/mol. The molecule has 3 aliphatic rings. The van der Waals surface area contributed by atoms with Gasteiger partial charge in [-0.2, -0.15) is 0 Å². The Kier molecular flexibility index (Phi) is 4.64. The van der Waals surface area contributed by atoms with Gasteiger partial charge in [0.15, 0.2) is 0 Å². The Morgan fingerprint density at radius 1 is 0.758 bits per heavy atom. The lowest BCUT2D eigenvalue weighted by Crippen LogP contribution is -2.32. The average Bonchev–Trinajstić information content (AvgIpc) is 3.54. The van der Waals surface area contributed by atoms with Gasteiger partial charge in [-0.05, 0) is 72.6 Å². The number of hydrogen-bond donors (Lipinski definition) is 0. The number of hydrogen-bond acceptors (Lipinski definition) is 4. The molecular weight excluding hydrogens is 414 g/mol. The van der Waals surface area contributed by atoms with Crippen molar-refractivity contribution in [3.8, 4) is 16.9 Å². The molecule has 2 amide bonds. The van der Waals surface area contributed by atoms with Gasteiger partial charge >= 0.3 is 5.97 Å². The van der Waals surface area contributed by atoms with Crippen molar-refractivity contribution < 1.29 is 19.1 Å². The van der Waals surface area contributed by atoms with Gasteiger partial charge in [0.2, 0.25) is 11.8 Å². The summed E-state index contributed by atoms with van der Waals surface area (Å²) >= 11 is 0. The van der Waals surface area contributed by atoms with Gasteiger partial charge in [-0.1, -0.05) is 48.5 Å². The normalized spacial score (nSPS) is 25.4. The minimum atomic E-state index is -0.524. The highest BCUT2D eigenvalue weighted by Gasteiger charge is 2.61. The first-order valence-electron chi connectivity index (χ1n) is 11.5. The Bertz CT molecular complexity index is 1220. The Balaban J connectivity index is 1.20. The highest BCUT2D eigenvalue weighted by atomic mass is 16.5. The standard InChI is InChI=1S/C28H23NO4/c30-26-24-19-9-10-20(15-19)25(24)27(31)29(26)22-8-4-7-21(16-22)28(32)33-23-13-11-18(12-14-23)17-5-2-1-3-6-17/h1-8,11-14,16,19-20,24-25H,9-10,15H2/t19-,20+,24-,25-/m0/s1. The van der Waals surface area contributed by atoms with Crippen LogP contribution in [0, 0.1) is 23.7 Å². The maximum Gasteiger partial charge on any atom is 0.343 e. The summed E-state index contributed by atoms with van der Waals surface area (Å²) in [6, 6.07) is 23.9. The summed E-state index contributed by atoms with van der Waals surface area (Å²) in [5.41, 5.74) is 2.87. The van der Waals surface area contributed by atoms with Crippen LogP contribution in [0.1, 0.15) is 29.6 Å². The topological polar surface area (TPSA) is 63.7 Å². The highest BCUT2D eigenvalue weighted by molar-refractivity contribution is 6.22. The maximum absolute atomic E-state index is 13.1. The third-order valence-corrected chi connectivity index (χ3v) is 7.44. The lowest BCUT2D eigenvalue weighted by Gasteiger charge is -2.19. The van der Waals surface area contributed by atoms with Crippen LogP contribution in [0.25, 0.3) is 11.1 Å². The van der Waals surface area contributed by atoms with Crippen LogP contribution >= 0.6 is 0 Å². The molecule has 0 radical (unpaired) electrons. The Labute approximate surface area is 192 Å². The van der Waals surface area contributed by atoms with E-state index in [0.717, 1.165) is 30.4 Å². The molecule has 164 valence electrons. The van der Waals surface area contributed by atoms with Crippen LogP contribution in [-0.2, 0) is 9.59 Å². The van der Waals surface area contributed by atoms with E-state index in [4.69, 9.17) is 4.74 Å². The smallest absolute Gasteiger partial charge is 0.343 e. The Hall–Kier alpha value is -3.73. The molecule has 3 aromatic carbocycles. The second-order valence-corrected chi connectivity index (χ2v) is 9.23. The van der Waals surface area contributed by atoms with E-state index in [9.17, 15) is 14.4 Å². The fraction of sp³-hybridized carbons (Fsp3) is 0.250. The van der Waals surface area contributed by atoms with Crippen LogP contribution in [0.4, 0.5) is 5.69 Å². The number of imide groups is 1. The zero-order valence-electron chi connectivity index (χ0n) is 18.0. The minimum absolute atomic E-state index is 0.112. The van der Waals surface area contributed by atoms with Crippen LogP contribution in [-0.4, -0.2) is 17.8 Å². The van der Waals surface area contributed by atoms with E-state index in [1.165, 1.54) is 4.90 Å². The molecule has 6 rings (SSSR count). The summed E-state index contributed by atoms with van der Waals surface area (Å²) in [5, 5.41) is 0. The van der Waals surface area contributed by atoms with Gasteiger partial charge in [-0.25, -0.2) is 4.79 Å². The number of ether oxygens (including phenoxy) is 1. The van der Waals surface area contributed by atoms with E-state index in [1.807, 2.05) is 42.5 Å². The second-order valence-electron chi connectivity index (χ2n) is 9.23. The molecule has 1 aliphatic heterocycles. The first-order chi connectivity index (χ1) is 16.1. The fourth-order valence-electron chi connectivity index (χ4n) is 5.95. The van der Waals surface area contributed by atoms with Gasteiger partial charge in [-0.15, -0.1) is 0 Å². The largest absolute Gasteiger partial charge is 0.423 e. The van der Waals surface area contributed by atoms with E-state index in [0.29, 0.717) is 28.8 Å². The van der Waals surface area contributed by atoms with Gasteiger partial charge in [0.1, 0.15) is 5.75 Å². The van der Waals surface area contributed by atoms with Crippen molar-refractivity contribution in [3.05, 3.63) is 84.4 Å². The van der Waals surface area contributed by atoms with Crippen LogP contribution < -0.4 is 9.64 Å². The summed E-state index contributed by atoms with van der Waals surface area (Å²) in [6.45, 7) is 0. The maximum atomic E-state index is 13.1. The number of benzene rings is 3. The summed E-state index contributed by atoms with van der Waals surface area (Å²) in [6.07, 6.45) is 3.07. The van der Waals surface area contributed by atoms with E-state index in [-0.39, 0.29) is 23.7 Å². The Morgan fingerprint density at radius 3 is 2.06 bits per heavy atom. The lowest BCUT2D eigenvalue weighted by molar-refractivity contribution is -0.123. The number of rotatable bonds is 4. The third-order valence-electron chi connectivity index (χ3n) is 7.44. The molecule has 3 fully saturated rings. The number of carbonyl (C=O) groups excluding carboxylic acids is 3. The molecule has 2 saturated carbocycles. The molecule has 3 aromatic rings. The van der Waals surface area contributed by atoms with Crippen molar-refractivity contribution in [1.29, 1.82) is 0 Å². The van der Waals surface area contributed by atoms with Gasteiger partial charge < -0.3 is 4.74 Å². The van der Waals surface area contributed by atoms with E-state index in [2.05, 4.69) is 0 Å². The molecule has 0 aromatic heterocycles. The molecule has 2 aliphatic carbocycles. The van der Waals surface area contributed by atoms with Gasteiger partial charge in [0.05, 0.1) is 23.1 Å². The molecule has 5 heteroatoms. The van der Waals surface area contributed by atoms with E-state index >= 15 is 0 Å². The zero-order chi connectivity index (χ0) is 22.5. The monoisotopic (exact) mass is 437 g/mol. The molecule has 0 N–H and O–H groups in total. The molecular formula is C28H23NO4. The Morgan fingerprint density at radius 2 is 1.39 bits per heavy atom. The molecule has 4 atom stereocenters. The lowest BCUT2D eigenvalue weighted by atomic mass is 9.81. The van der Waals surface area contributed by atoms with Crippen molar-refractivity contribution in [1.82, 2.24) is 0 Å². The average molecular weight is 437 g/mol. The van der Waals surface area contributed by atoms with Crippen LogP contribution in [0.2, 0.25) is 0 Å². The quantitative estimate of drug-likeness (QED) is 0.323. The van der Waals surface area contributed by atoms with Crippen LogP contribution in [0.5, 0.6) is 5.75 Å². The molecule has 2 bridgehead atoms. The van der Waals surface area contributed by atoms with Crippen molar-refractivity contribution >= 4 is 23.5 Å². The molecule has 1 saturated heterocycles. The predicted octanol–water partition coefficient (Wildman–Crippen LogP) is 5.11. The number of carbonyl (C=O) groups is 3. The molecule has 1 heterocycles. The van der Waals surface area contributed by atoms with E-state index < -0.39 is 5.97 Å².